The molecule has 0 atom stereocenters. The van der Waals surface area contributed by atoms with E-state index in [0.717, 1.165) is 33.6 Å². The number of thioether (sulfide) groups is 1. The Morgan fingerprint density at radius 2 is 1.89 bits per heavy atom. The second-order valence-corrected chi connectivity index (χ2v) is 8.91. The van der Waals surface area contributed by atoms with Gasteiger partial charge in [-0.25, -0.2) is 14.6 Å². The maximum absolute atomic E-state index is 12.8. The average Bonchev–Trinajstić information content (AvgIpc) is 3.33. The quantitative estimate of drug-likeness (QED) is 0.247. The van der Waals surface area contributed by atoms with Gasteiger partial charge < -0.3 is 26.1 Å². The number of hydrogen-bond acceptors (Lipinski definition) is 9. The Hall–Kier alpha value is -3.37. The van der Waals surface area contributed by atoms with Gasteiger partial charge in [0.25, 0.3) is 5.91 Å². The molecule has 2 aromatic rings. The zero-order chi connectivity index (χ0) is 24.0. The van der Waals surface area contributed by atoms with E-state index in [1.165, 1.54) is 5.38 Å². The lowest BCUT2D eigenvalue weighted by atomic mass is 10.2. The van der Waals surface area contributed by atoms with Crippen LogP contribution in [0.2, 0.25) is 0 Å². The van der Waals surface area contributed by atoms with Gasteiger partial charge in [-0.15, -0.1) is 11.3 Å². The van der Waals surface area contributed by atoms with Crippen molar-refractivity contribution >= 4 is 74.2 Å². The van der Waals surface area contributed by atoms with E-state index in [-0.39, 0.29) is 43.2 Å². The summed E-state index contributed by atoms with van der Waals surface area (Å²) in [7, 11) is 0. The van der Waals surface area contributed by atoms with E-state index in [9.17, 15) is 19.2 Å². The van der Waals surface area contributed by atoms with Crippen LogP contribution in [0.15, 0.2) is 40.6 Å². The van der Waals surface area contributed by atoms with Gasteiger partial charge in [-0.05, 0) is 12.5 Å². The van der Waals surface area contributed by atoms with Gasteiger partial charge >= 0.3 is 18.0 Å². The molecule has 12 nitrogen and oxygen atoms in total. The first kappa shape index (κ1) is 29.7. The van der Waals surface area contributed by atoms with Crippen molar-refractivity contribution < 1.29 is 40.0 Å². The molecule has 3 amide bonds. The number of nitrogens with zero attached hydrogens (tertiary/aromatic N) is 2. The summed E-state index contributed by atoms with van der Waals surface area (Å²) in [6, 6.07) is 8.83. The number of thiocarbonyl (C=S) groups is 1. The molecule has 0 unspecified atom stereocenters. The van der Waals surface area contributed by atoms with Crippen LogP contribution in [0.25, 0.3) is 5.57 Å². The number of esters is 1. The third-order valence-corrected chi connectivity index (χ3v) is 6.33. The van der Waals surface area contributed by atoms with Crippen LogP contribution >= 0.6 is 35.3 Å². The Labute approximate surface area is 213 Å². The molecule has 1 aliphatic rings. The summed E-state index contributed by atoms with van der Waals surface area (Å²) in [5.41, 5.74) is 0.879. The van der Waals surface area contributed by atoms with Crippen LogP contribution in [0.4, 0.5) is 9.93 Å². The molecule has 7 N–H and O–H groups in total. The second-order valence-electron chi connectivity index (χ2n) is 6.41. The van der Waals surface area contributed by atoms with Gasteiger partial charge in [0.05, 0.1) is 17.2 Å². The number of carbonyl (C=O) groups is 4. The number of carbonyl (C=O) groups excluding carboxylic acids is 3. The lowest BCUT2D eigenvalue weighted by Gasteiger charge is -2.11. The number of rotatable bonds is 8. The molecule has 188 valence electrons. The van der Waals surface area contributed by atoms with E-state index in [0.29, 0.717) is 6.54 Å². The van der Waals surface area contributed by atoms with Crippen LogP contribution in [-0.2, 0) is 25.7 Å². The summed E-state index contributed by atoms with van der Waals surface area (Å²) >= 11 is 6.95. The minimum atomic E-state index is -1.24. The first-order valence-electron chi connectivity index (χ1n) is 9.51. The molecule has 1 aliphatic heterocycles. The van der Waals surface area contributed by atoms with Crippen molar-refractivity contribution in [3.63, 3.8) is 0 Å². The molecule has 0 radical (unpaired) electrons. The molecule has 1 fully saturated rings. The molecule has 0 spiro atoms. The molecule has 15 heteroatoms. The van der Waals surface area contributed by atoms with Gasteiger partial charge in [-0.3, -0.25) is 19.8 Å². The van der Waals surface area contributed by atoms with Gasteiger partial charge in [0.15, 0.2) is 5.13 Å². The highest BCUT2D eigenvalue weighted by atomic mass is 32.2. The fraction of sp³-hybridized carbons (Fsp3) is 0.200. The van der Waals surface area contributed by atoms with E-state index < -0.39 is 30.4 Å². The molecule has 1 saturated heterocycles. The number of hydrogen-bond donors (Lipinski definition) is 3. The Morgan fingerprint density at radius 1 is 1.20 bits per heavy atom. The topological polar surface area (TPSA) is 201 Å². The van der Waals surface area contributed by atoms with Crippen molar-refractivity contribution in [2.24, 2.45) is 0 Å². The van der Waals surface area contributed by atoms with Gasteiger partial charge in [-0.1, -0.05) is 54.3 Å². The highest BCUT2D eigenvalue weighted by molar-refractivity contribution is 8.26. The highest BCUT2D eigenvalue weighted by Crippen LogP contribution is 2.38. The molecule has 1 aromatic heterocycles. The van der Waals surface area contributed by atoms with Gasteiger partial charge in [0.2, 0.25) is 0 Å². The standard InChI is InChI=1S/C20H18N4O6S3.2H2O/c1-2-30-17(28)14(15-16(27)24(9-13(25)26)20(31)33-15)12-10-32-19(22-12)23-18(29)21-8-11-6-4-3-5-7-11;;/h3-7,10H,2,8-9H2,1H3,(H,25,26)(H2,21,22,23,29);2*1H2. The number of nitrogens with one attached hydrogen (secondary N) is 2. The number of anilines is 1. The monoisotopic (exact) mass is 542 g/mol. The van der Waals surface area contributed by atoms with Gasteiger partial charge in [0.1, 0.15) is 16.4 Å². The smallest absolute Gasteiger partial charge is 0.341 e. The molecule has 35 heavy (non-hydrogen) atoms. The van der Waals surface area contributed by atoms with Crippen molar-refractivity contribution in [3.8, 4) is 0 Å². The number of aromatic nitrogens is 1. The van der Waals surface area contributed by atoms with Crippen LogP contribution in [-0.4, -0.2) is 67.3 Å². The summed E-state index contributed by atoms with van der Waals surface area (Å²) in [6.45, 7) is 1.34. The van der Waals surface area contributed by atoms with Crippen molar-refractivity contribution in [2.75, 3.05) is 18.5 Å². The maximum atomic E-state index is 12.8. The van der Waals surface area contributed by atoms with Gasteiger partial charge in [0, 0.05) is 11.9 Å². The Bertz CT molecular complexity index is 1140. The third-order valence-electron chi connectivity index (χ3n) is 4.13. The number of amides is 3. The lowest BCUT2D eigenvalue weighted by molar-refractivity contribution is -0.140. The number of urea groups is 1. The Kier molecular flexibility index (Phi) is 11.4. The van der Waals surface area contributed by atoms with Crippen molar-refractivity contribution in [1.29, 1.82) is 0 Å². The minimum Gasteiger partial charge on any atom is -0.480 e. The van der Waals surface area contributed by atoms with Crippen LogP contribution in [0.3, 0.4) is 0 Å². The second kappa shape index (κ2) is 13.5. The van der Waals surface area contributed by atoms with Gasteiger partial charge in [-0.2, -0.15) is 0 Å². The number of thiazole rings is 1. The minimum absolute atomic E-state index is 0. The van der Waals surface area contributed by atoms with Crippen LogP contribution in [0, 0.1) is 0 Å². The predicted octanol–water partition coefficient (Wildman–Crippen LogP) is 1.03. The summed E-state index contributed by atoms with van der Waals surface area (Å²) in [4.78, 5) is 53.7. The highest BCUT2D eigenvalue weighted by Gasteiger charge is 2.38. The van der Waals surface area contributed by atoms with Crippen molar-refractivity contribution in [3.05, 3.63) is 51.9 Å². The first-order chi connectivity index (χ1) is 15.8. The van der Waals surface area contributed by atoms with Crippen LogP contribution in [0.5, 0.6) is 0 Å². The van der Waals surface area contributed by atoms with Crippen molar-refractivity contribution in [1.82, 2.24) is 15.2 Å². The number of carboxylic acid groups (broad SMARTS) is 1. The van der Waals surface area contributed by atoms with Crippen LogP contribution in [0.1, 0.15) is 18.2 Å². The molecule has 0 saturated carbocycles. The Morgan fingerprint density at radius 3 is 2.51 bits per heavy atom. The molecular formula is C20H22N4O8S3. The fourth-order valence-electron chi connectivity index (χ4n) is 2.70. The third kappa shape index (κ3) is 7.56. The van der Waals surface area contributed by atoms with Crippen molar-refractivity contribution in [2.45, 2.75) is 13.5 Å². The largest absolute Gasteiger partial charge is 0.480 e. The number of carboxylic acids is 1. The normalized spacial score (nSPS) is 13.9. The molecule has 0 bridgehead atoms. The maximum Gasteiger partial charge on any atom is 0.341 e. The van der Waals surface area contributed by atoms with E-state index in [2.05, 4.69) is 15.6 Å². The molecular weight excluding hydrogens is 520 g/mol. The number of ether oxygens (including phenoxy) is 1. The van der Waals surface area contributed by atoms with Crippen LogP contribution < -0.4 is 10.6 Å². The first-order valence-corrected chi connectivity index (χ1v) is 11.6. The average molecular weight is 543 g/mol. The van der Waals surface area contributed by atoms with E-state index >= 15 is 0 Å². The summed E-state index contributed by atoms with van der Waals surface area (Å²) in [5.74, 6) is -2.77. The molecule has 2 heterocycles. The number of aliphatic carboxylic acids is 1. The molecule has 0 aliphatic carbocycles. The summed E-state index contributed by atoms with van der Waals surface area (Å²) in [5, 5.41) is 16.0. The zero-order valence-electron chi connectivity index (χ0n) is 18.2. The van der Waals surface area contributed by atoms with E-state index in [1.54, 1.807) is 6.92 Å². The lowest BCUT2D eigenvalue weighted by Crippen LogP contribution is -2.33. The fourth-order valence-corrected chi connectivity index (χ4v) is 4.72. The van der Waals surface area contributed by atoms with E-state index in [1.807, 2.05) is 30.3 Å². The molecule has 3 rings (SSSR count). The predicted molar refractivity (Wildman–Crippen MR) is 135 cm³/mol. The SMILES string of the molecule is CCOC(=O)C(=C1SC(=S)N(CC(=O)O)C1=O)c1csc(NC(=O)NCc2ccccc2)n1.O.O. The summed E-state index contributed by atoms with van der Waals surface area (Å²) in [6.07, 6.45) is 0. The van der Waals surface area contributed by atoms with E-state index in [4.69, 9.17) is 22.1 Å². The Balaban J connectivity index is 0.00000306. The zero-order valence-corrected chi connectivity index (χ0v) is 20.6. The summed E-state index contributed by atoms with van der Waals surface area (Å²) < 4.78 is 5.08. The number of benzene rings is 1. The molecule has 1 aromatic carbocycles.